The maximum absolute atomic E-state index is 14.0. The van der Waals surface area contributed by atoms with Crippen molar-refractivity contribution in [2.45, 2.75) is 52.6 Å². The minimum Gasteiger partial charge on any atom is -0.478 e. The first kappa shape index (κ1) is 25.8. The summed E-state index contributed by atoms with van der Waals surface area (Å²) in [7, 11) is 0. The Hall–Kier alpha value is -4.80. The molecule has 1 aromatic carbocycles. The molecule has 39 heavy (non-hydrogen) atoms. The Labute approximate surface area is 224 Å². The van der Waals surface area contributed by atoms with Gasteiger partial charge in [0.15, 0.2) is 5.82 Å². The van der Waals surface area contributed by atoms with Crippen molar-refractivity contribution in [1.82, 2.24) is 39.3 Å². The van der Waals surface area contributed by atoms with Crippen LogP contribution in [0.1, 0.15) is 54.7 Å². The van der Waals surface area contributed by atoms with Gasteiger partial charge in [-0.05, 0) is 58.5 Å². The zero-order chi connectivity index (χ0) is 27.4. The van der Waals surface area contributed by atoms with Crippen molar-refractivity contribution >= 4 is 5.97 Å². The number of aromatic nitrogens is 8. The summed E-state index contributed by atoms with van der Waals surface area (Å²) < 4.78 is 5.04. The number of nitrogens with zero attached hydrogens (tertiary/aromatic N) is 7. The predicted molar refractivity (Wildman–Crippen MR) is 146 cm³/mol. The summed E-state index contributed by atoms with van der Waals surface area (Å²) in [5.41, 5.74) is 4.13. The van der Waals surface area contributed by atoms with E-state index in [9.17, 15) is 14.7 Å². The van der Waals surface area contributed by atoms with Crippen LogP contribution in [0.3, 0.4) is 0 Å². The van der Waals surface area contributed by atoms with Gasteiger partial charge in [-0.15, -0.1) is 5.10 Å². The fourth-order valence-corrected chi connectivity index (χ4v) is 4.91. The Morgan fingerprint density at radius 1 is 1.05 bits per heavy atom. The number of benzene rings is 1. The second-order valence-electron chi connectivity index (χ2n) is 9.34. The third-order valence-electron chi connectivity index (χ3n) is 6.76. The molecule has 2 N–H and O–H groups in total. The monoisotopic (exact) mass is 526 g/mol. The Bertz CT molecular complexity index is 1650. The Morgan fingerprint density at radius 3 is 2.59 bits per heavy atom. The molecule has 0 aliphatic heterocycles. The van der Waals surface area contributed by atoms with E-state index in [1.165, 1.54) is 4.57 Å². The Kier molecular flexibility index (Phi) is 7.48. The van der Waals surface area contributed by atoms with Gasteiger partial charge < -0.3 is 9.67 Å². The molecule has 200 valence electrons. The van der Waals surface area contributed by atoms with Gasteiger partial charge in [0.25, 0.3) is 0 Å². The van der Waals surface area contributed by atoms with E-state index in [1.54, 1.807) is 35.4 Å². The molecule has 0 atom stereocenters. The van der Waals surface area contributed by atoms with E-state index in [0.29, 0.717) is 24.6 Å². The first-order valence-corrected chi connectivity index (χ1v) is 13.0. The van der Waals surface area contributed by atoms with E-state index in [2.05, 4.69) is 32.5 Å². The zero-order valence-corrected chi connectivity index (χ0v) is 21.9. The van der Waals surface area contributed by atoms with Crippen LogP contribution in [0, 0.1) is 0 Å². The number of H-pyrrole nitrogens is 1. The lowest BCUT2D eigenvalue weighted by Gasteiger charge is -2.14. The zero-order valence-electron chi connectivity index (χ0n) is 21.9. The second kappa shape index (κ2) is 11.3. The molecule has 0 spiro atoms. The summed E-state index contributed by atoms with van der Waals surface area (Å²) >= 11 is 0. The highest BCUT2D eigenvalue weighted by Gasteiger charge is 2.22. The number of aryl methyl sites for hydroxylation is 2. The molecule has 11 heteroatoms. The number of unbranched alkanes of at least 4 members (excludes halogenated alkanes) is 1. The van der Waals surface area contributed by atoms with Crippen LogP contribution in [0.2, 0.25) is 0 Å². The summed E-state index contributed by atoms with van der Waals surface area (Å²) in [4.78, 5) is 30.4. The maximum Gasteiger partial charge on any atom is 0.339 e. The largest absolute Gasteiger partial charge is 0.478 e. The quantitative estimate of drug-likeness (QED) is 0.263. The lowest BCUT2D eigenvalue weighted by atomic mass is 9.96. The summed E-state index contributed by atoms with van der Waals surface area (Å²) in [6.07, 6.45) is 10.3. The summed E-state index contributed by atoms with van der Waals surface area (Å²) in [5, 5.41) is 24.2. The van der Waals surface area contributed by atoms with Gasteiger partial charge in [0.1, 0.15) is 11.4 Å². The van der Waals surface area contributed by atoms with Gasteiger partial charge in [0, 0.05) is 42.6 Å². The van der Waals surface area contributed by atoms with Crippen molar-refractivity contribution in [3.05, 3.63) is 88.5 Å². The molecule has 4 aromatic heterocycles. The lowest BCUT2D eigenvalue weighted by Crippen LogP contribution is -2.27. The first-order valence-electron chi connectivity index (χ1n) is 13.0. The molecule has 0 bridgehead atoms. The predicted octanol–water partition coefficient (Wildman–Crippen LogP) is 4.18. The minimum atomic E-state index is -1.07. The number of aromatic carboxylic acids is 1. The molecule has 0 radical (unpaired) electrons. The van der Waals surface area contributed by atoms with E-state index in [-0.39, 0.29) is 17.8 Å². The fourth-order valence-electron chi connectivity index (χ4n) is 4.91. The molecular formula is C28H30N8O3. The summed E-state index contributed by atoms with van der Waals surface area (Å²) in [6, 6.07) is 11.3. The van der Waals surface area contributed by atoms with Gasteiger partial charge in [0.05, 0.1) is 6.54 Å². The highest BCUT2D eigenvalue weighted by molar-refractivity contribution is 5.91. The van der Waals surface area contributed by atoms with Crippen molar-refractivity contribution in [2.75, 3.05) is 0 Å². The van der Waals surface area contributed by atoms with Crippen LogP contribution >= 0.6 is 0 Å². The molecule has 5 rings (SSSR count). The number of pyridine rings is 1. The van der Waals surface area contributed by atoms with Crippen molar-refractivity contribution < 1.29 is 9.90 Å². The molecule has 4 heterocycles. The van der Waals surface area contributed by atoms with Crippen molar-refractivity contribution in [3.63, 3.8) is 0 Å². The van der Waals surface area contributed by atoms with E-state index in [0.717, 1.165) is 47.2 Å². The molecule has 0 fully saturated rings. The number of nitrogens with one attached hydrogen (secondary N) is 1. The van der Waals surface area contributed by atoms with Crippen molar-refractivity contribution in [2.24, 2.45) is 0 Å². The van der Waals surface area contributed by atoms with Gasteiger partial charge in [-0.2, -0.15) is 0 Å². The number of carbonyl (C=O) groups is 1. The SMILES string of the molecule is CCCCc1cn(-c2c(C(=O)O)ccn2CCC)c(=O)n1Cc1cnccc1-c1ccccc1-c1nnn[nH]1. The van der Waals surface area contributed by atoms with Gasteiger partial charge >= 0.3 is 11.7 Å². The van der Waals surface area contributed by atoms with Crippen molar-refractivity contribution in [3.8, 4) is 28.3 Å². The Balaban J connectivity index is 1.64. The average Bonchev–Trinajstić information content (AvgIpc) is 3.69. The smallest absolute Gasteiger partial charge is 0.339 e. The number of hydrogen-bond donors (Lipinski definition) is 2. The molecule has 11 nitrogen and oxygen atoms in total. The third-order valence-corrected chi connectivity index (χ3v) is 6.76. The van der Waals surface area contributed by atoms with Crippen LogP contribution in [0.25, 0.3) is 28.3 Å². The molecule has 0 saturated carbocycles. The topological polar surface area (TPSA) is 137 Å². The Morgan fingerprint density at radius 2 is 1.87 bits per heavy atom. The molecule has 0 amide bonds. The first-order chi connectivity index (χ1) is 19.0. The normalized spacial score (nSPS) is 11.2. The fraction of sp³-hybridized carbons (Fsp3) is 0.286. The number of imidazole rings is 1. The van der Waals surface area contributed by atoms with Crippen LogP contribution in [-0.4, -0.2) is 50.4 Å². The lowest BCUT2D eigenvalue weighted by molar-refractivity contribution is 0.0697. The molecule has 0 unspecified atom stereocenters. The number of tetrazole rings is 1. The number of carboxylic acid groups (broad SMARTS) is 1. The van der Waals surface area contributed by atoms with Crippen LogP contribution in [-0.2, 0) is 19.5 Å². The van der Waals surface area contributed by atoms with Crippen molar-refractivity contribution in [1.29, 1.82) is 0 Å². The molecular weight excluding hydrogens is 496 g/mol. The minimum absolute atomic E-state index is 0.0985. The number of hydrogen-bond acceptors (Lipinski definition) is 6. The summed E-state index contributed by atoms with van der Waals surface area (Å²) in [6.45, 7) is 4.99. The van der Waals surface area contributed by atoms with Crippen LogP contribution < -0.4 is 5.69 Å². The number of aromatic amines is 1. The standard InChI is InChI=1S/C28H30N8O3/c1-3-5-8-20-18-36(26-24(27(37)38)12-15-34(26)14-4-2)28(39)35(20)17-19-16-29-13-11-21(19)22-9-6-7-10-23(22)25-30-32-33-31-25/h6-7,9-13,15-16,18H,3-5,8,14,17H2,1-2H3,(H,37,38)(H,30,31,32,33). The average molecular weight is 527 g/mol. The molecule has 0 aliphatic carbocycles. The van der Waals surface area contributed by atoms with E-state index in [4.69, 9.17) is 0 Å². The van der Waals surface area contributed by atoms with E-state index in [1.807, 2.05) is 41.8 Å². The van der Waals surface area contributed by atoms with Crippen LogP contribution in [0.4, 0.5) is 0 Å². The van der Waals surface area contributed by atoms with Gasteiger partial charge in [0.2, 0.25) is 0 Å². The number of rotatable bonds is 11. The van der Waals surface area contributed by atoms with Crippen LogP contribution in [0.5, 0.6) is 0 Å². The maximum atomic E-state index is 14.0. The van der Waals surface area contributed by atoms with Gasteiger partial charge in [-0.25, -0.2) is 14.7 Å². The highest BCUT2D eigenvalue weighted by atomic mass is 16.4. The van der Waals surface area contributed by atoms with E-state index >= 15 is 0 Å². The summed E-state index contributed by atoms with van der Waals surface area (Å²) in [5.74, 6) is -0.152. The van der Waals surface area contributed by atoms with Gasteiger partial charge in [-0.3, -0.25) is 14.1 Å². The third kappa shape index (κ3) is 5.02. The van der Waals surface area contributed by atoms with Crippen LogP contribution in [0.15, 0.2) is 66.0 Å². The van der Waals surface area contributed by atoms with E-state index < -0.39 is 5.97 Å². The molecule has 5 aromatic rings. The highest BCUT2D eigenvalue weighted by Crippen LogP contribution is 2.32. The molecule has 0 aliphatic rings. The molecule has 0 saturated heterocycles. The second-order valence-corrected chi connectivity index (χ2v) is 9.34. The number of carboxylic acids is 1. The van der Waals surface area contributed by atoms with Gasteiger partial charge in [-0.1, -0.05) is 44.5 Å².